The van der Waals surface area contributed by atoms with E-state index in [-0.39, 0.29) is 0 Å². The van der Waals surface area contributed by atoms with Gasteiger partial charge in [-0.2, -0.15) is 5.26 Å². The Morgan fingerprint density at radius 2 is 2.00 bits per heavy atom. The van der Waals surface area contributed by atoms with Crippen molar-refractivity contribution in [2.45, 2.75) is 6.42 Å². The Kier molecular flexibility index (Phi) is 5.15. The molecule has 1 aromatic carbocycles. The van der Waals surface area contributed by atoms with Crippen LogP contribution in [0.4, 0.5) is 5.69 Å². The van der Waals surface area contributed by atoms with E-state index in [4.69, 9.17) is 23.2 Å². The predicted molar refractivity (Wildman–Crippen MR) is 82.1 cm³/mol. The second-order valence-corrected chi connectivity index (χ2v) is 5.20. The highest BCUT2D eigenvalue weighted by Gasteiger charge is 2.19. The van der Waals surface area contributed by atoms with Crippen molar-refractivity contribution in [3.8, 4) is 6.07 Å². The molecule has 0 aliphatic heterocycles. The maximum Gasteiger partial charge on any atom is 0.242 e. The van der Waals surface area contributed by atoms with E-state index >= 15 is 0 Å². The molecule has 21 heavy (non-hydrogen) atoms. The van der Waals surface area contributed by atoms with Gasteiger partial charge in [0.15, 0.2) is 0 Å². The molecular formula is C15H11Cl2N3O. The summed E-state index contributed by atoms with van der Waals surface area (Å²) in [7, 11) is 0. The van der Waals surface area contributed by atoms with Gasteiger partial charge in [-0.1, -0.05) is 23.2 Å². The average Bonchev–Trinajstić information content (AvgIpc) is 2.49. The SMILES string of the molecule is N#CC(Cc1ccncc1)C(=O)Nc1cc(Cl)ccc1Cl. The molecule has 1 heterocycles. The highest BCUT2D eigenvalue weighted by molar-refractivity contribution is 6.35. The maximum absolute atomic E-state index is 12.2. The zero-order valence-electron chi connectivity index (χ0n) is 10.9. The van der Waals surface area contributed by atoms with Gasteiger partial charge in [-0.25, -0.2) is 0 Å². The van der Waals surface area contributed by atoms with Crippen LogP contribution in [-0.2, 0) is 11.2 Å². The Morgan fingerprint density at radius 1 is 1.29 bits per heavy atom. The van der Waals surface area contributed by atoms with E-state index in [1.807, 2.05) is 6.07 Å². The lowest BCUT2D eigenvalue weighted by Crippen LogP contribution is -2.23. The Bertz CT molecular complexity index is 683. The minimum absolute atomic E-state index is 0.309. The lowest BCUT2D eigenvalue weighted by atomic mass is 10.0. The molecule has 0 aliphatic carbocycles. The number of halogens is 2. The molecule has 0 aliphatic rings. The number of hydrogen-bond donors (Lipinski definition) is 1. The first kappa shape index (κ1) is 15.3. The van der Waals surface area contributed by atoms with Crippen LogP contribution < -0.4 is 5.32 Å². The Balaban J connectivity index is 2.10. The van der Waals surface area contributed by atoms with Crippen LogP contribution in [0.15, 0.2) is 42.7 Å². The third-order valence-corrected chi connectivity index (χ3v) is 3.41. The summed E-state index contributed by atoms with van der Waals surface area (Å²) in [5.41, 5.74) is 1.26. The summed E-state index contributed by atoms with van der Waals surface area (Å²) in [6.07, 6.45) is 3.55. The quantitative estimate of drug-likeness (QED) is 0.934. The fourth-order valence-corrected chi connectivity index (χ4v) is 2.10. The van der Waals surface area contributed by atoms with Gasteiger partial charge in [-0.3, -0.25) is 9.78 Å². The van der Waals surface area contributed by atoms with E-state index in [0.29, 0.717) is 22.2 Å². The van der Waals surface area contributed by atoms with Crippen molar-refractivity contribution in [2.75, 3.05) is 5.32 Å². The molecule has 0 fully saturated rings. The third-order valence-electron chi connectivity index (χ3n) is 2.85. The number of aromatic nitrogens is 1. The topological polar surface area (TPSA) is 65.8 Å². The molecule has 1 atom stereocenters. The summed E-state index contributed by atoms with van der Waals surface area (Å²) in [6.45, 7) is 0. The van der Waals surface area contributed by atoms with Crippen LogP contribution in [0.5, 0.6) is 0 Å². The summed E-state index contributed by atoms with van der Waals surface area (Å²) < 4.78 is 0. The summed E-state index contributed by atoms with van der Waals surface area (Å²) in [4.78, 5) is 16.1. The number of nitrogens with zero attached hydrogens (tertiary/aromatic N) is 2. The van der Waals surface area contributed by atoms with Gasteiger partial charge in [-0.15, -0.1) is 0 Å². The van der Waals surface area contributed by atoms with E-state index in [2.05, 4.69) is 10.3 Å². The summed E-state index contributed by atoms with van der Waals surface area (Å²) in [5.74, 6) is -1.24. The standard InChI is InChI=1S/C15H11Cl2N3O/c16-12-1-2-13(17)14(8-12)20-15(21)11(9-18)7-10-3-5-19-6-4-10/h1-6,8,11H,7H2,(H,20,21). The highest BCUT2D eigenvalue weighted by atomic mass is 35.5. The smallest absolute Gasteiger partial charge is 0.242 e. The number of hydrogen-bond acceptors (Lipinski definition) is 3. The molecule has 0 spiro atoms. The minimum atomic E-state index is -0.817. The van der Waals surface area contributed by atoms with E-state index in [1.54, 1.807) is 42.7 Å². The number of anilines is 1. The zero-order valence-corrected chi connectivity index (χ0v) is 12.4. The van der Waals surface area contributed by atoms with Crippen molar-refractivity contribution in [1.82, 2.24) is 4.98 Å². The minimum Gasteiger partial charge on any atom is -0.324 e. The van der Waals surface area contributed by atoms with Crippen molar-refractivity contribution in [3.05, 3.63) is 58.3 Å². The van der Waals surface area contributed by atoms with Gasteiger partial charge in [0.1, 0.15) is 5.92 Å². The van der Waals surface area contributed by atoms with Gasteiger partial charge in [-0.05, 0) is 42.3 Å². The molecule has 1 aromatic heterocycles. The van der Waals surface area contributed by atoms with Gasteiger partial charge in [0.2, 0.25) is 5.91 Å². The van der Waals surface area contributed by atoms with Crippen molar-refractivity contribution >= 4 is 34.8 Å². The zero-order chi connectivity index (χ0) is 15.2. The summed E-state index contributed by atoms with van der Waals surface area (Å²) in [6, 6.07) is 10.3. The average molecular weight is 320 g/mol. The molecule has 1 amide bonds. The monoisotopic (exact) mass is 319 g/mol. The molecule has 1 N–H and O–H groups in total. The number of nitrogens with one attached hydrogen (secondary N) is 1. The van der Waals surface area contributed by atoms with Crippen LogP contribution >= 0.6 is 23.2 Å². The number of carbonyl (C=O) groups is 1. The second kappa shape index (κ2) is 7.07. The van der Waals surface area contributed by atoms with E-state index in [0.717, 1.165) is 5.56 Å². The molecule has 0 saturated carbocycles. The van der Waals surface area contributed by atoms with Crippen molar-refractivity contribution in [1.29, 1.82) is 5.26 Å². The Morgan fingerprint density at radius 3 is 2.67 bits per heavy atom. The molecule has 0 saturated heterocycles. The molecule has 1 unspecified atom stereocenters. The number of nitriles is 1. The first-order valence-corrected chi connectivity index (χ1v) is 6.90. The molecule has 6 heteroatoms. The van der Waals surface area contributed by atoms with E-state index in [9.17, 15) is 10.1 Å². The molecule has 2 rings (SSSR count). The van der Waals surface area contributed by atoms with Crippen LogP contribution in [-0.4, -0.2) is 10.9 Å². The van der Waals surface area contributed by atoms with Gasteiger partial charge >= 0.3 is 0 Å². The molecule has 0 bridgehead atoms. The number of carbonyl (C=O) groups excluding carboxylic acids is 1. The largest absolute Gasteiger partial charge is 0.324 e. The third kappa shape index (κ3) is 4.19. The first-order valence-electron chi connectivity index (χ1n) is 6.14. The lowest BCUT2D eigenvalue weighted by Gasteiger charge is -2.11. The lowest BCUT2D eigenvalue weighted by molar-refractivity contribution is -0.118. The summed E-state index contributed by atoms with van der Waals surface area (Å²) >= 11 is 11.8. The van der Waals surface area contributed by atoms with Crippen LogP contribution in [0.2, 0.25) is 10.0 Å². The van der Waals surface area contributed by atoms with E-state index < -0.39 is 11.8 Å². The van der Waals surface area contributed by atoms with Crippen LogP contribution in [0, 0.1) is 17.2 Å². The molecular weight excluding hydrogens is 309 g/mol. The Labute approximate surface area is 132 Å². The van der Waals surface area contributed by atoms with Crippen LogP contribution in [0.1, 0.15) is 5.56 Å². The van der Waals surface area contributed by atoms with Gasteiger partial charge in [0.25, 0.3) is 0 Å². The fraction of sp³-hybridized carbons (Fsp3) is 0.133. The van der Waals surface area contributed by atoms with Crippen molar-refractivity contribution in [3.63, 3.8) is 0 Å². The van der Waals surface area contributed by atoms with Gasteiger partial charge < -0.3 is 5.32 Å². The number of benzene rings is 1. The fourth-order valence-electron chi connectivity index (χ4n) is 1.76. The van der Waals surface area contributed by atoms with Crippen molar-refractivity contribution in [2.24, 2.45) is 5.92 Å². The molecule has 4 nitrogen and oxygen atoms in total. The van der Waals surface area contributed by atoms with Crippen LogP contribution in [0.3, 0.4) is 0 Å². The van der Waals surface area contributed by atoms with E-state index in [1.165, 1.54) is 0 Å². The maximum atomic E-state index is 12.2. The van der Waals surface area contributed by atoms with Crippen LogP contribution in [0.25, 0.3) is 0 Å². The summed E-state index contributed by atoms with van der Waals surface area (Å²) in [5, 5.41) is 12.6. The van der Waals surface area contributed by atoms with Crippen molar-refractivity contribution < 1.29 is 4.79 Å². The second-order valence-electron chi connectivity index (χ2n) is 4.35. The Hall–Kier alpha value is -2.09. The highest BCUT2D eigenvalue weighted by Crippen LogP contribution is 2.26. The van der Waals surface area contributed by atoms with Gasteiger partial charge in [0.05, 0.1) is 16.8 Å². The number of pyridine rings is 1. The number of amides is 1. The molecule has 106 valence electrons. The molecule has 0 radical (unpaired) electrons. The first-order chi connectivity index (χ1) is 10.1. The van der Waals surface area contributed by atoms with Gasteiger partial charge in [0, 0.05) is 17.4 Å². The number of rotatable bonds is 4. The normalized spacial score (nSPS) is 11.5. The predicted octanol–water partition coefficient (Wildman–Crippen LogP) is 3.71. The molecule has 2 aromatic rings.